The minimum atomic E-state index is -0.567. The smallest absolute Gasteiger partial charge is 0.409 e. The van der Waals surface area contributed by atoms with Gasteiger partial charge in [0, 0.05) is 39.1 Å². The average Bonchev–Trinajstić information content (AvgIpc) is 2.50. The second kappa shape index (κ2) is 9.56. The van der Waals surface area contributed by atoms with Crippen LogP contribution in [0.25, 0.3) is 0 Å². The Bertz CT molecular complexity index is 445. The molecule has 1 aliphatic rings. The van der Waals surface area contributed by atoms with E-state index in [2.05, 4.69) is 5.32 Å². The summed E-state index contributed by atoms with van der Waals surface area (Å²) >= 11 is 5.47. The van der Waals surface area contributed by atoms with Crippen molar-refractivity contribution in [2.75, 3.05) is 45.2 Å². The minimum Gasteiger partial charge on any atom is -0.448 e. The van der Waals surface area contributed by atoms with Crippen LogP contribution in [0.15, 0.2) is 0 Å². The number of rotatable bonds is 5. The number of piperazine rings is 1. The van der Waals surface area contributed by atoms with E-state index in [9.17, 15) is 14.4 Å². The van der Waals surface area contributed by atoms with Crippen molar-refractivity contribution in [3.63, 3.8) is 0 Å². The summed E-state index contributed by atoms with van der Waals surface area (Å²) < 4.78 is 10.0. The molecule has 1 rings (SSSR count). The first kappa shape index (κ1) is 20.3. The van der Waals surface area contributed by atoms with E-state index in [0.717, 1.165) is 0 Å². The van der Waals surface area contributed by atoms with Gasteiger partial charge in [0.15, 0.2) is 0 Å². The molecule has 138 valence electrons. The first-order chi connectivity index (χ1) is 11.2. The van der Waals surface area contributed by atoms with E-state index in [1.54, 1.807) is 30.6 Å². The number of carbonyl (C=O) groups is 3. The molecule has 0 saturated carbocycles. The highest BCUT2D eigenvalue weighted by Crippen LogP contribution is 2.07. The number of amides is 3. The highest BCUT2D eigenvalue weighted by atomic mass is 35.5. The van der Waals surface area contributed by atoms with E-state index in [0.29, 0.717) is 26.2 Å². The molecule has 0 unspecified atom stereocenters. The topological polar surface area (TPSA) is 88.2 Å². The molecule has 8 nitrogen and oxygen atoms in total. The molecule has 0 spiro atoms. The third-order valence-corrected chi connectivity index (χ3v) is 3.35. The van der Waals surface area contributed by atoms with Crippen LogP contribution in [0.1, 0.15) is 27.2 Å². The van der Waals surface area contributed by atoms with Crippen molar-refractivity contribution >= 4 is 29.7 Å². The summed E-state index contributed by atoms with van der Waals surface area (Å²) in [5.74, 6) is 0.189. The van der Waals surface area contributed by atoms with Crippen molar-refractivity contribution in [3.8, 4) is 0 Å². The zero-order valence-corrected chi connectivity index (χ0v) is 15.2. The van der Waals surface area contributed by atoms with Crippen LogP contribution in [-0.4, -0.2) is 78.7 Å². The molecule has 1 heterocycles. The van der Waals surface area contributed by atoms with Crippen molar-refractivity contribution in [1.82, 2.24) is 15.1 Å². The van der Waals surface area contributed by atoms with Gasteiger partial charge < -0.3 is 24.6 Å². The van der Waals surface area contributed by atoms with Crippen LogP contribution in [0.3, 0.4) is 0 Å². The lowest BCUT2D eigenvalue weighted by molar-refractivity contribution is -0.132. The number of nitrogens with one attached hydrogen (secondary N) is 1. The Morgan fingerprint density at radius 1 is 1.08 bits per heavy atom. The van der Waals surface area contributed by atoms with E-state index in [1.165, 1.54) is 0 Å². The molecule has 0 aromatic rings. The van der Waals surface area contributed by atoms with E-state index in [4.69, 9.17) is 21.1 Å². The van der Waals surface area contributed by atoms with Crippen LogP contribution in [0, 0.1) is 0 Å². The largest absolute Gasteiger partial charge is 0.448 e. The van der Waals surface area contributed by atoms with Gasteiger partial charge in [-0.3, -0.25) is 4.79 Å². The zero-order chi connectivity index (χ0) is 18.2. The van der Waals surface area contributed by atoms with Gasteiger partial charge in [-0.25, -0.2) is 9.59 Å². The van der Waals surface area contributed by atoms with Crippen molar-refractivity contribution < 1.29 is 23.9 Å². The molecule has 0 aromatic heterocycles. The molecule has 1 N–H and O–H groups in total. The predicted octanol–water partition coefficient (Wildman–Crippen LogP) is 1.42. The Balaban J connectivity index is 2.24. The molecule has 0 bridgehead atoms. The maximum atomic E-state index is 12.1. The Morgan fingerprint density at radius 3 is 2.21 bits per heavy atom. The average molecular weight is 364 g/mol. The predicted molar refractivity (Wildman–Crippen MR) is 89.1 cm³/mol. The number of alkyl halides is 1. The third-order valence-electron chi connectivity index (χ3n) is 3.20. The third kappa shape index (κ3) is 7.72. The van der Waals surface area contributed by atoms with E-state index >= 15 is 0 Å². The molecule has 0 radical (unpaired) electrons. The van der Waals surface area contributed by atoms with Crippen molar-refractivity contribution in [3.05, 3.63) is 0 Å². The summed E-state index contributed by atoms with van der Waals surface area (Å²) in [4.78, 5) is 38.5. The van der Waals surface area contributed by atoms with E-state index in [-0.39, 0.29) is 31.4 Å². The lowest BCUT2D eigenvalue weighted by atomic mass is 10.2. The summed E-state index contributed by atoms with van der Waals surface area (Å²) in [6.45, 7) is 7.45. The quantitative estimate of drug-likeness (QED) is 0.746. The van der Waals surface area contributed by atoms with Gasteiger partial charge in [0.1, 0.15) is 12.2 Å². The van der Waals surface area contributed by atoms with Gasteiger partial charge in [0.25, 0.3) is 0 Å². The standard InChI is InChI=1S/C15H26ClN3O5/c1-15(2,3)24-13(21)17-6-4-12(20)18-7-9-19(10-8-18)14(22)23-11-5-16/h4-11H2,1-3H3,(H,17,21). The second-order valence-electron chi connectivity index (χ2n) is 6.35. The van der Waals surface area contributed by atoms with Crippen LogP contribution < -0.4 is 5.32 Å². The minimum absolute atomic E-state index is 0.0696. The molecule has 3 amide bonds. The highest BCUT2D eigenvalue weighted by Gasteiger charge is 2.25. The van der Waals surface area contributed by atoms with Crippen LogP contribution in [0.5, 0.6) is 0 Å². The fourth-order valence-corrected chi connectivity index (χ4v) is 2.18. The van der Waals surface area contributed by atoms with Gasteiger partial charge in [0.2, 0.25) is 5.91 Å². The molecule has 1 fully saturated rings. The number of hydrogen-bond donors (Lipinski definition) is 1. The maximum absolute atomic E-state index is 12.1. The molecule has 1 aliphatic heterocycles. The van der Waals surface area contributed by atoms with E-state index in [1.807, 2.05) is 0 Å². The molecule has 0 aliphatic carbocycles. The lowest BCUT2D eigenvalue weighted by Gasteiger charge is -2.34. The maximum Gasteiger partial charge on any atom is 0.409 e. The Labute approximate surface area is 147 Å². The van der Waals surface area contributed by atoms with Crippen molar-refractivity contribution in [1.29, 1.82) is 0 Å². The summed E-state index contributed by atoms with van der Waals surface area (Å²) in [6.07, 6.45) is -0.757. The van der Waals surface area contributed by atoms with Gasteiger partial charge in [-0.2, -0.15) is 0 Å². The number of halogens is 1. The van der Waals surface area contributed by atoms with Crippen molar-refractivity contribution in [2.45, 2.75) is 32.8 Å². The molecule has 1 saturated heterocycles. The fourth-order valence-electron chi connectivity index (χ4n) is 2.10. The molecule has 24 heavy (non-hydrogen) atoms. The van der Waals surface area contributed by atoms with Crippen LogP contribution in [0.4, 0.5) is 9.59 Å². The Morgan fingerprint density at radius 2 is 1.67 bits per heavy atom. The molecular weight excluding hydrogens is 338 g/mol. The van der Waals surface area contributed by atoms with Gasteiger partial charge in [-0.15, -0.1) is 11.6 Å². The van der Waals surface area contributed by atoms with Gasteiger partial charge in [0.05, 0.1) is 5.88 Å². The second-order valence-corrected chi connectivity index (χ2v) is 6.73. The lowest BCUT2D eigenvalue weighted by Crippen LogP contribution is -2.51. The van der Waals surface area contributed by atoms with Crippen LogP contribution in [-0.2, 0) is 14.3 Å². The Hall–Kier alpha value is -1.70. The number of alkyl carbamates (subject to hydrolysis) is 1. The number of ether oxygens (including phenoxy) is 2. The van der Waals surface area contributed by atoms with Gasteiger partial charge in [-0.05, 0) is 20.8 Å². The van der Waals surface area contributed by atoms with Gasteiger partial charge >= 0.3 is 12.2 Å². The number of nitrogens with zero attached hydrogens (tertiary/aromatic N) is 2. The molecule has 0 atom stereocenters. The fraction of sp³-hybridized carbons (Fsp3) is 0.800. The normalized spacial score (nSPS) is 15.0. The zero-order valence-electron chi connectivity index (χ0n) is 14.5. The van der Waals surface area contributed by atoms with Gasteiger partial charge in [-0.1, -0.05) is 0 Å². The molecule has 0 aromatic carbocycles. The first-order valence-electron chi connectivity index (χ1n) is 7.95. The summed E-state index contributed by atoms with van der Waals surface area (Å²) in [5, 5.41) is 2.55. The number of carbonyl (C=O) groups excluding carboxylic acids is 3. The molecule has 9 heteroatoms. The van der Waals surface area contributed by atoms with Crippen molar-refractivity contribution in [2.24, 2.45) is 0 Å². The monoisotopic (exact) mass is 363 g/mol. The van der Waals surface area contributed by atoms with Crippen LogP contribution in [0.2, 0.25) is 0 Å². The summed E-state index contributed by atoms with van der Waals surface area (Å²) in [7, 11) is 0. The SMILES string of the molecule is CC(C)(C)OC(=O)NCCC(=O)N1CCN(C(=O)OCCCl)CC1. The molecular formula is C15H26ClN3O5. The summed E-state index contributed by atoms with van der Waals surface area (Å²) in [6, 6.07) is 0. The first-order valence-corrected chi connectivity index (χ1v) is 8.48. The summed E-state index contributed by atoms with van der Waals surface area (Å²) in [5.41, 5.74) is -0.567. The van der Waals surface area contributed by atoms with Crippen LogP contribution >= 0.6 is 11.6 Å². The number of hydrogen-bond acceptors (Lipinski definition) is 5. The highest BCUT2D eigenvalue weighted by molar-refractivity contribution is 6.18. The van der Waals surface area contributed by atoms with E-state index < -0.39 is 17.8 Å². The Kier molecular flexibility index (Phi) is 8.10.